The van der Waals surface area contributed by atoms with E-state index in [0.29, 0.717) is 65.5 Å². The number of amides is 3. The van der Waals surface area contributed by atoms with E-state index in [4.69, 9.17) is 15.1 Å². The molecule has 11 nitrogen and oxygen atoms in total. The van der Waals surface area contributed by atoms with Crippen LogP contribution in [0.25, 0.3) is 6.08 Å². The van der Waals surface area contributed by atoms with E-state index < -0.39 is 13.2 Å². The molecule has 1 unspecified atom stereocenters. The first kappa shape index (κ1) is 35.1. The lowest BCUT2D eigenvalue weighted by molar-refractivity contribution is -0.127. The van der Waals surface area contributed by atoms with Crippen LogP contribution in [0.4, 0.5) is 11.4 Å². The summed E-state index contributed by atoms with van der Waals surface area (Å²) >= 11 is 0. The number of aliphatic imine (C=N–C) groups is 1. The van der Waals surface area contributed by atoms with Crippen molar-refractivity contribution in [2.24, 2.45) is 10.7 Å². The number of anilines is 1. The Labute approximate surface area is 276 Å². The Morgan fingerprint density at radius 1 is 1.11 bits per heavy atom. The summed E-state index contributed by atoms with van der Waals surface area (Å²) in [4.78, 5) is 43.1. The van der Waals surface area contributed by atoms with Gasteiger partial charge in [-0.15, -0.1) is 0 Å². The van der Waals surface area contributed by atoms with Gasteiger partial charge in [-0.05, 0) is 59.8 Å². The first-order chi connectivity index (χ1) is 22.8. The SMILES string of the molecule is CCCN(CCC)C(=O)C1=Cc2ccc(C(=O)Nc3ccc4c(c3)B(O)OC4CNC=O)cc2N=C(N)C1.COCc1ccccc1. The van der Waals surface area contributed by atoms with Crippen molar-refractivity contribution in [2.75, 3.05) is 32.1 Å². The van der Waals surface area contributed by atoms with Crippen molar-refractivity contribution in [1.29, 1.82) is 0 Å². The molecule has 2 aliphatic heterocycles. The highest BCUT2D eigenvalue weighted by atomic mass is 16.5. The number of nitrogens with one attached hydrogen (secondary N) is 2. The largest absolute Gasteiger partial charge is 0.492 e. The van der Waals surface area contributed by atoms with E-state index in [-0.39, 0.29) is 24.8 Å². The summed E-state index contributed by atoms with van der Waals surface area (Å²) in [5, 5.41) is 15.6. The fourth-order valence-corrected chi connectivity index (χ4v) is 5.45. The summed E-state index contributed by atoms with van der Waals surface area (Å²) in [5.74, 6) is -0.107. The van der Waals surface area contributed by atoms with Gasteiger partial charge in [-0.1, -0.05) is 56.3 Å². The minimum atomic E-state index is -1.15. The van der Waals surface area contributed by atoms with Crippen molar-refractivity contribution in [3.05, 3.63) is 94.6 Å². The molecule has 0 aromatic heterocycles. The Morgan fingerprint density at radius 2 is 1.85 bits per heavy atom. The Balaban J connectivity index is 0.000000479. The lowest BCUT2D eigenvalue weighted by Crippen LogP contribution is -2.34. The minimum absolute atomic E-state index is 0.0477. The molecule has 2 heterocycles. The number of nitrogens with two attached hydrogens (primary N) is 1. The third kappa shape index (κ3) is 9.38. The number of methoxy groups -OCH3 is 1. The maximum absolute atomic E-state index is 13.2. The van der Waals surface area contributed by atoms with Crippen LogP contribution in [0.15, 0.2) is 77.3 Å². The second-order valence-corrected chi connectivity index (χ2v) is 11.2. The van der Waals surface area contributed by atoms with Gasteiger partial charge >= 0.3 is 7.12 Å². The molecule has 0 radical (unpaired) electrons. The predicted octanol–water partition coefficient (Wildman–Crippen LogP) is 3.70. The zero-order valence-corrected chi connectivity index (χ0v) is 27.1. The molecule has 1 atom stereocenters. The third-order valence-corrected chi connectivity index (χ3v) is 7.60. The molecule has 0 fully saturated rings. The average Bonchev–Trinajstić information content (AvgIpc) is 3.27. The Bertz CT molecular complexity index is 1610. The zero-order valence-electron chi connectivity index (χ0n) is 27.1. The predicted molar refractivity (Wildman–Crippen MR) is 185 cm³/mol. The average molecular weight is 640 g/mol. The number of carbonyl (C=O) groups is 3. The molecule has 0 saturated carbocycles. The summed E-state index contributed by atoms with van der Waals surface area (Å²) in [6, 6.07) is 20.3. The zero-order chi connectivity index (χ0) is 33.8. The molecule has 0 saturated heterocycles. The fraction of sp³-hybridized carbons (Fsp3) is 0.314. The van der Waals surface area contributed by atoms with Gasteiger partial charge in [-0.2, -0.15) is 0 Å². The maximum Gasteiger partial charge on any atom is 0.492 e. The van der Waals surface area contributed by atoms with Crippen molar-refractivity contribution in [3.63, 3.8) is 0 Å². The topological polar surface area (TPSA) is 156 Å². The number of benzene rings is 3. The fourth-order valence-electron chi connectivity index (χ4n) is 5.45. The van der Waals surface area contributed by atoms with Crippen LogP contribution in [-0.2, 0) is 25.6 Å². The number of hydrogen-bond acceptors (Lipinski definition) is 8. The normalized spacial score (nSPS) is 14.7. The van der Waals surface area contributed by atoms with Crippen molar-refractivity contribution in [1.82, 2.24) is 10.2 Å². The summed E-state index contributed by atoms with van der Waals surface area (Å²) in [6.07, 6.45) is 3.88. The molecule has 0 bridgehead atoms. The molecule has 2 aliphatic rings. The highest BCUT2D eigenvalue weighted by Crippen LogP contribution is 2.29. The molecule has 3 amide bonds. The third-order valence-electron chi connectivity index (χ3n) is 7.60. The van der Waals surface area contributed by atoms with Crippen molar-refractivity contribution < 1.29 is 28.8 Å². The van der Waals surface area contributed by atoms with Gasteiger partial charge in [-0.3, -0.25) is 14.4 Å². The van der Waals surface area contributed by atoms with E-state index in [0.717, 1.165) is 18.4 Å². The van der Waals surface area contributed by atoms with E-state index in [2.05, 4.69) is 15.6 Å². The number of hydrogen-bond donors (Lipinski definition) is 4. The minimum Gasteiger partial charge on any atom is -0.423 e. The van der Waals surface area contributed by atoms with E-state index in [1.807, 2.05) is 49.1 Å². The van der Waals surface area contributed by atoms with Gasteiger partial charge in [0.1, 0.15) is 5.84 Å². The van der Waals surface area contributed by atoms with E-state index in [9.17, 15) is 19.4 Å². The van der Waals surface area contributed by atoms with Crippen LogP contribution in [0.1, 0.15) is 66.3 Å². The molecule has 5 rings (SSSR count). The van der Waals surface area contributed by atoms with Crippen molar-refractivity contribution in [3.8, 4) is 0 Å². The van der Waals surface area contributed by atoms with Crippen molar-refractivity contribution >= 4 is 54.1 Å². The summed E-state index contributed by atoms with van der Waals surface area (Å²) in [5.41, 5.74) is 11.3. The van der Waals surface area contributed by atoms with Crippen LogP contribution in [-0.4, -0.2) is 67.8 Å². The van der Waals surface area contributed by atoms with Gasteiger partial charge in [0.25, 0.3) is 5.91 Å². The lowest BCUT2D eigenvalue weighted by atomic mass is 9.79. The molecule has 5 N–H and O–H groups in total. The van der Waals surface area contributed by atoms with E-state index >= 15 is 0 Å². The number of fused-ring (bicyclic) bond motifs is 2. The van der Waals surface area contributed by atoms with Crippen LogP contribution in [0, 0.1) is 0 Å². The van der Waals surface area contributed by atoms with Gasteiger partial charge < -0.3 is 35.7 Å². The van der Waals surface area contributed by atoms with E-state index in [1.165, 1.54) is 5.56 Å². The van der Waals surface area contributed by atoms with Gasteiger partial charge in [0, 0.05) is 55.6 Å². The van der Waals surface area contributed by atoms with Crippen LogP contribution >= 0.6 is 0 Å². The van der Waals surface area contributed by atoms with Crippen LogP contribution in [0.5, 0.6) is 0 Å². The highest BCUT2D eigenvalue weighted by Gasteiger charge is 2.35. The monoisotopic (exact) mass is 639 g/mol. The van der Waals surface area contributed by atoms with Crippen molar-refractivity contribution in [2.45, 2.75) is 45.8 Å². The second kappa shape index (κ2) is 17.2. The standard InChI is InChI=1S/C27H32BN5O5.C8H10O/c1-3-9-33(10-4-2)27(36)19-11-17-5-6-18(12-23(17)32-25(29)13-19)26(35)31-20-7-8-21-22(14-20)28(37)38-24(21)15-30-16-34;1-9-7-8-5-3-2-4-6-8/h5-8,11-12,14,16,24,37H,3-4,9-10,13,15H2,1-2H3,(H2,29,32)(H,30,34)(H,31,35);2-6H,7H2,1H3. The van der Waals surface area contributed by atoms with Gasteiger partial charge in [-0.25, -0.2) is 4.99 Å². The molecule has 3 aromatic rings. The molecule has 0 spiro atoms. The molecular formula is C35H42BN5O6. The summed E-state index contributed by atoms with van der Waals surface area (Å²) in [6.45, 7) is 6.37. The molecule has 12 heteroatoms. The number of nitrogens with zero attached hydrogens (tertiary/aromatic N) is 2. The number of amidine groups is 1. The first-order valence-corrected chi connectivity index (χ1v) is 15.7. The second-order valence-electron chi connectivity index (χ2n) is 11.2. The summed E-state index contributed by atoms with van der Waals surface area (Å²) < 4.78 is 10.4. The van der Waals surface area contributed by atoms with Crippen LogP contribution < -0.4 is 21.8 Å². The van der Waals surface area contributed by atoms with Gasteiger partial charge in [0.2, 0.25) is 12.3 Å². The number of ether oxygens (including phenoxy) is 1. The molecule has 246 valence electrons. The molecule has 0 aliphatic carbocycles. The van der Waals surface area contributed by atoms with Gasteiger partial charge in [0.05, 0.1) is 18.4 Å². The maximum atomic E-state index is 13.2. The Hall–Kier alpha value is -4.78. The molecular weight excluding hydrogens is 597 g/mol. The highest BCUT2D eigenvalue weighted by molar-refractivity contribution is 6.62. The first-order valence-electron chi connectivity index (χ1n) is 15.7. The molecule has 3 aromatic carbocycles. The summed E-state index contributed by atoms with van der Waals surface area (Å²) in [7, 11) is 0.548. The number of rotatable bonds is 12. The van der Waals surface area contributed by atoms with Gasteiger partial charge in [0.15, 0.2) is 0 Å². The van der Waals surface area contributed by atoms with Crippen LogP contribution in [0.2, 0.25) is 0 Å². The smallest absolute Gasteiger partial charge is 0.423 e. The lowest BCUT2D eigenvalue weighted by Gasteiger charge is -2.22. The Kier molecular flexibility index (Phi) is 12.9. The molecule has 47 heavy (non-hydrogen) atoms. The van der Waals surface area contributed by atoms with Crippen LogP contribution in [0.3, 0.4) is 0 Å². The quantitative estimate of drug-likeness (QED) is 0.174. The van der Waals surface area contributed by atoms with E-state index in [1.54, 1.807) is 49.6 Å². The Morgan fingerprint density at radius 3 is 2.53 bits per heavy atom. The number of carbonyl (C=O) groups excluding carboxylic acids is 3.